The summed E-state index contributed by atoms with van der Waals surface area (Å²) < 4.78 is 1.64. The van der Waals surface area contributed by atoms with Crippen molar-refractivity contribution in [2.75, 3.05) is 18.4 Å². The smallest absolute Gasteiger partial charge is 0.307 e. The van der Waals surface area contributed by atoms with E-state index in [9.17, 15) is 14.4 Å². The highest BCUT2D eigenvalue weighted by Gasteiger charge is 2.27. The van der Waals surface area contributed by atoms with Crippen molar-refractivity contribution in [1.29, 1.82) is 0 Å². The van der Waals surface area contributed by atoms with E-state index in [0.717, 1.165) is 22.7 Å². The Morgan fingerprint density at radius 3 is 2.50 bits per heavy atom. The number of carbonyl (C=O) groups is 2. The first-order valence-corrected chi connectivity index (χ1v) is 9.71. The lowest BCUT2D eigenvalue weighted by Gasteiger charge is -2.31. The molecule has 2 heterocycles. The number of aryl methyl sites for hydroxylation is 1. The summed E-state index contributed by atoms with van der Waals surface area (Å²) in [5, 5.41) is 4.74. The Bertz CT molecular complexity index is 820. The summed E-state index contributed by atoms with van der Waals surface area (Å²) in [6.07, 6.45) is 1.65. The highest BCUT2D eigenvalue weighted by molar-refractivity contribution is 7.07. The number of hydrogen-bond donors (Lipinski definition) is 1. The van der Waals surface area contributed by atoms with Crippen molar-refractivity contribution >= 4 is 28.8 Å². The van der Waals surface area contributed by atoms with Crippen LogP contribution in [0.5, 0.6) is 0 Å². The van der Waals surface area contributed by atoms with Gasteiger partial charge in [0.2, 0.25) is 11.8 Å². The zero-order valence-electron chi connectivity index (χ0n) is 14.8. The van der Waals surface area contributed by atoms with Crippen molar-refractivity contribution in [1.82, 2.24) is 9.47 Å². The molecule has 0 aliphatic carbocycles. The molecule has 3 rings (SSSR count). The number of thiazole rings is 1. The molecule has 1 aliphatic heterocycles. The lowest BCUT2D eigenvalue weighted by atomic mass is 9.95. The maximum absolute atomic E-state index is 12.4. The Kier molecular flexibility index (Phi) is 5.88. The zero-order valence-corrected chi connectivity index (χ0v) is 15.6. The van der Waals surface area contributed by atoms with Gasteiger partial charge in [-0.05, 0) is 31.9 Å². The molecule has 7 heteroatoms. The van der Waals surface area contributed by atoms with Crippen LogP contribution in [0.15, 0.2) is 40.5 Å². The predicted octanol–water partition coefficient (Wildman–Crippen LogP) is 2.49. The van der Waals surface area contributed by atoms with E-state index in [0.29, 0.717) is 38.9 Å². The number of nitrogens with one attached hydrogen (secondary N) is 1. The molecular formula is C19H23N3O3S. The van der Waals surface area contributed by atoms with Gasteiger partial charge in [0.05, 0.1) is 0 Å². The standard InChI is InChI=1S/C19H23N3O3S/c1-14-13-26-19(25)22(14)12-9-17(23)21-10-7-15(8-11-21)18(24)20-16-5-3-2-4-6-16/h2-6,13,15H,7-12H2,1H3,(H,20,24). The van der Waals surface area contributed by atoms with Crippen molar-refractivity contribution in [3.05, 3.63) is 51.1 Å². The Balaban J connectivity index is 1.46. The number of nitrogens with zero attached hydrogens (tertiary/aromatic N) is 2. The molecular weight excluding hydrogens is 350 g/mol. The molecule has 138 valence electrons. The van der Waals surface area contributed by atoms with Crippen LogP contribution < -0.4 is 10.2 Å². The van der Waals surface area contributed by atoms with Crippen LogP contribution in [0.2, 0.25) is 0 Å². The average molecular weight is 373 g/mol. The molecule has 1 fully saturated rings. The minimum absolute atomic E-state index is 0.0174. The van der Waals surface area contributed by atoms with Gasteiger partial charge in [0.25, 0.3) is 0 Å². The summed E-state index contributed by atoms with van der Waals surface area (Å²) in [6, 6.07) is 9.41. The van der Waals surface area contributed by atoms with Crippen molar-refractivity contribution < 1.29 is 9.59 Å². The molecule has 1 N–H and O–H groups in total. The van der Waals surface area contributed by atoms with Crippen molar-refractivity contribution in [2.45, 2.75) is 32.7 Å². The Hall–Kier alpha value is -2.41. The van der Waals surface area contributed by atoms with Crippen molar-refractivity contribution in [3.63, 3.8) is 0 Å². The third kappa shape index (κ3) is 4.40. The quantitative estimate of drug-likeness (QED) is 0.875. The van der Waals surface area contributed by atoms with Crippen LogP contribution in [-0.4, -0.2) is 34.4 Å². The number of amides is 2. The second kappa shape index (κ2) is 8.31. The molecule has 0 spiro atoms. The number of piperidine rings is 1. The molecule has 2 aromatic rings. The van der Waals surface area contributed by atoms with Crippen LogP contribution in [0.1, 0.15) is 25.0 Å². The predicted molar refractivity (Wildman–Crippen MR) is 102 cm³/mol. The van der Waals surface area contributed by atoms with E-state index in [-0.39, 0.29) is 22.6 Å². The maximum atomic E-state index is 12.4. The van der Waals surface area contributed by atoms with Gasteiger partial charge >= 0.3 is 4.87 Å². The van der Waals surface area contributed by atoms with Crippen LogP contribution >= 0.6 is 11.3 Å². The van der Waals surface area contributed by atoms with Crippen LogP contribution in [0.4, 0.5) is 5.69 Å². The molecule has 1 saturated heterocycles. The number of para-hydroxylation sites is 1. The number of benzene rings is 1. The molecule has 1 aliphatic rings. The molecule has 0 saturated carbocycles. The fourth-order valence-electron chi connectivity index (χ4n) is 3.20. The fourth-order valence-corrected chi connectivity index (χ4v) is 3.96. The highest BCUT2D eigenvalue weighted by atomic mass is 32.1. The first kappa shape index (κ1) is 18.4. The first-order chi connectivity index (χ1) is 12.5. The summed E-state index contributed by atoms with van der Waals surface area (Å²) >= 11 is 1.16. The fraction of sp³-hybridized carbons (Fsp3) is 0.421. The first-order valence-electron chi connectivity index (χ1n) is 8.83. The SMILES string of the molecule is Cc1csc(=O)n1CCC(=O)N1CCC(C(=O)Nc2ccccc2)CC1. The molecule has 0 unspecified atom stereocenters. The van der Waals surface area contributed by atoms with Crippen LogP contribution in [-0.2, 0) is 16.1 Å². The van der Waals surface area contributed by atoms with Gasteiger partial charge in [0, 0.05) is 48.7 Å². The normalized spacial score (nSPS) is 15.0. The number of likely N-dealkylation sites (tertiary alicyclic amines) is 1. The van der Waals surface area contributed by atoms with Gasteiger partial charge in [-0.15, -0.1) is 0 Å². The Morgan fingerprint density at radius 1 is 1.19 bits per heavy atom. The average Bonchev–Trinajstić information content (AvgIpc) is 2.98. The topological polar surface area (TPSA) is 71.4 Å². The van der Waals surface area contributed by atoms with E-state index in [1.54, 1.807) is 9.47 Å². The third-order valence-electron chi connectivity index (χ3n) is 4.79. The van der Waals surface area contributed by atoms with Crippen molar-refractivity contribution in [2.24, 2.45) is 5.92 Å². The minimum atomic E-state index is -0.0685. The lowest BCUT2D eigenvalue weighted by Crippen LogP contribution is -2.41. The van der Waals surface area contributed by atoms with Crippen LogP contribution in [0.25, 0.3) is 0 Å². The van der Waals surface area contributed by atoms with Gasteiger partial charge in [-0.2, -0.15) is 0 Å². The molecule has 2 amide bonds. The summed E-state index contributed by atoms with van der Waals surface area (Å²) in [5.41, 5.74) is 1.69. The number of anilines is 1. The van der Waals surface area contributed by atoms with Gasteiger partial charge in [0.1, 0.15) is 0 Å². The maximum Gasteiger partial charge on any atom is 0.307 e. The summed E-state index contributed by atoms with van der Waals surface area (Å²) in [6.45, 7) is 3.47. The number of aromatic nitrogens is 1. The molecule has 0 radical (unpaired) electrons. The van der Waals surface area contributed by atoms with Gasteiger partial charge < -0.3 is 14.8 Å². The van der Waals surface area contributed by atoms with Crippen LogP contribution in [0.3, 0.4) is 0 Å². The molecule has 1 aromatic heterocycles. The highest BCUT2D eigenvalue weighted by Crippen LogP contribution is 2.20. The van der Waals surface area contributed by atoms with E-state index in [4.69, 9.17) is 0 Å². The molecule has 0 bridgehead atoms. The van der Waals surface area contributed by atoms with E-state index >= 15 is 0 Å². The van der Waals surface area contributed by atoms with Gasteiger partial charge in [-0.1, -0.05) is 29.5 Å². The zero-order chi connectivity index (χ0) is 18.5. The second-order valence-corrected chi connectivity index (χ2v) is 7.38. The van der Waals surface area contributed by atoms with Gasteiger partial charge in [-0.3, -0.25) is 14.4 Å². The summed E-state index contributed by atoms with van der Waals surface area (Å²) in [5.74, 6) is -0.00541. The molecule has 0 atom stereocenters. The summed E-state index contributed by atoms with van der Waals surface area (Å²) in [4.78, 5) is 38.2. The van der Waals surface area contributed by atoms with E-state index in [1.165, 1.54) is 0 Å². The Labute approximate surface area is 156 Å². The summed E-state index contributed by atoms with van der Waals surface area (Å²) in [7, 11) is 0. The van der Waals surface area contributed by atoms with E-state index < -0.39 is 0 Å². The Morgan fingerprint density at radius 2 is 1.88 bits per heavy atom. The van der Waals surface area contributed by atoms with E-state index in [2.05, 4.69) is 5.32 Å². The van der Waals surface area contributed by atoms with Crippen molar-refractivity contribution in [3.8, 4) is 0 Å². The van der Waals surface area contributed by atoms with Crippen LogP contribution in [0, 0.1) is 12.8 Å². The lowest BCUT2D eigenvalue weighted by molar-refractivity contribution is -0.134. The van der Waals surface area contributed by atoms with E-state index in [1.807, 2.05) is 42.6 Å². The minimum Gasteiger partial charge on any atom is -0.343 e. The van der Waals surface area contributed by atoms with Gasteiger partial charge in [-0.25, -0.2) is 0 Å². The largest absolute Gasteiger partial charge is 0.343 e. The number of hydrogen-bond acceptors (Lipinski definition) is 4. The number of rotatable bonds is 5. The third-order valence-corrected chi connectivity index (χ3v) is 5.67. The second-order valence-electron chi connectivity index (χ2n) is 6.55. The van der Waals surface area contributed by atoms with Gasteiger partial charge in [0.15, 0.2) is 0 Å². The molecule has 26 heavy (non-hydrogen) atoms. The molecule has 1 aromatic carbocycles. The molecule has 6 nitrogen and oxygen atoms in total. The monoisotopic (exact) mass is 373 g/mol. The number of carbonyl (C=O) groups excluding carboxylic acids is 2.